The maximum Gasteiger partial charge on any atom is 0.0697 e. The quantitative estimate of drug-likeness (QED) is 0.886. The fourth-order valence-corrected chi connectivity index (χ4v) is 2.77. The molecule has 1 aliphatic rings. The molecule has 0 amide bonds. The summed E-state index contributed by atoms with van der Waals surface area (Å²) in [6, 6.07) is 10.6. The summed E-state index contributed by atoms with van der Waals surface area (Å²) in [4.78, 5) is 2.24. The van der Waals surface area contributed by atoms with Crippen LogP contribution in [0.3, 0.4) is 0 Å². The maximum absolute atomic E-state index is 10.1. The van der Waals surface area contributed by atoms with E-state index < -0.39 is 0 Å². The first-order chi connectivity index (χ1) is 8.70. The van der Waals surface area contributed by atoms with Gasteiger partial charge >= 0.3 is 0 Å². The van der Waals surface area contributed by atoms with Gasteiger partial charge in [-0.1, -0.05) is 30.3 Å². The van der Waals surface area contributed by atoms with Crippen molar-refractivity contribution in [1.29, 1.82) is 0 Å². The van der Waals surface area contributed by atoms with Gasteiger partial charge in [0, 0.05) is 19.7 Å². The second-order valence-corrected chi connectivity index (χ2v) is 5.21. The number of benzene rings is 1. The molecule has 0 saturated heterocycles. The molecule has 0 spiro atoms. The van der Waals surface area contributed by atoms with Crippen LogP contribution in [0.15, 0.2) is 30.3 Å². The Morgan fingerprint density at radius 2 is 2.00 bits per heavy atom. The standard InChI is InChI=1S/C15H23NO2/c1-16(11-12-6-4-3-5-7-12)14-10-13(18-2)8-9-15(14)17/h3-7,13-15,17H,8-11H2,1-2H3/t13-,14+,15+/m0/s1. The monoisotopic (exact) mass is 249 g/mol. The third-order valence-electron chi connectivity index (χ3n) is 3.91. The Morgan fingerprint density at radius 1 is 1.28 bits per heavy atom. The predicted molar refractivity (Wildman–Crippen MR) is 72.4 cm³/mol. The highest BCUT2D eigenvalue weighted by atomic mass is 16.5. The van der Waals surface area contributed by atoms with E-state index in [0.717, 1.165) is 25.8 Å². The molecule has 0 aromatic heterocycles. The molecule has 18 heavy (non-hydrogen) atoms. The minimum atomic E-state index is -0.231. The summed E-state index contributed by atoms with van der Waals surface area (Å²) >= 11 is 0. The van der Waals surface area contributed by atoms with Crippen LogP contribution in [0, 0.1) is 0 Å². The van der Waals surface area contributed by atoms with Crippen LogP contribution >= 0.6 is 0 Å². The van der Waals surface area contributed by atoms with Crippen molar-refractivity contribution >= 4 is 0 Å². The van der Waals surface area contributed by atoms with Crippen LogP contribution in [0.25, 0.3) is 0 Å². The molecule has 1 aromatic rings. The minimum absolute atomic E-state index is 0.198. The number of hydrogen-bond donors (Lipinski definition) is 1. The van der Waals surface area contributed by atoms with Gasteiger partial charge in [-0.2, -0.15) is 0 Å². The molecule has 0 bridgehead atoms. The van der Waals surface area contributed by atoms with E-state index in [4.69, 9.17) is 4.74 Å². The number of aliphatic hydroxyl groups excluding tert-OH is 1. The third-order valence-corrected chi connectivity index (χ3v) is 3.91. The largest absolute Gasteiger partial charge is 0.391 e. The van der Waals surface area contributed by atoms with Gasteiger partial charge in [0.05, 0.1) is 12.2 Å². The van der Waals surface area contributed by atoms with Gasteiger partial charge in [0.15, 0.2) is 0 Å². The molecule has 1 saturated carbocycles. The zero-order valence-corrected chi connectivity index (χ0v) is 11.2. The van der Waals surface area contributed by atoms with Crippen molar-refractivity contribution in [1.82, 2.24) is 4.90 Å². The molecule has 3 atom stereocenters. The van der Waals surface area contributed by atoms with Gasteiger partial charge < -0.3 is 9.84 Å². The molecular weight excluding hydrogens is 226 g/mol. The van der Waals surface area contributed by atoms with Crippen molar-refractivity contribution in [2.45, 2.75) is 44.1 Å². The molecule has 1 fully saturated rings. The van der Waals surface area contributed by atoms with E-state index >= 15 is 0 Å². The number of rotatable bonds is 4. The molecule has 0 unspecified atom stereocenters. The molecule has 0 heterocycles. The average molecular weight is 249 g/mol. The van der Waals surface area contributed by atoms with Crippen molar-refractivity contribution in [3.05, 3.63) is 35.9 Å². The van der Waals surface area contributed by atoms with Crippen molar-refractivity contribution in [2.24, 2.45) is 0 Å². The van der Waals surface area contributed by atoms with Gasteiger partial charge in [-0.15, -0.1) is 0 Å². The molecule has 2 rings (SSSR count). The van der Waals surface area contributed by atoms with Gasteiger partial charge in [0.2, 0.25) is 0 Å². The van der Waals surface area contributed by atoms with E-state index in [1.54, 1.807) is 7.11 Å². The van der Waals surface area contributed by atoms with E-state index in [0.29, 0.717) is 0 Å². The zero-order chi connectivity index (χ0) is 13.0. The molecule has 1 aromatic carbocycles. The lowest BCUT2D eigenvalue weighted by Crippen LogP contribution is -2.46. The normalized spacial score (nSPS) is 28.6. The Morgan fingerprint density at radius 3 is 2.67 bits per heavy atom. The Balaban J connectivity index is 1.96. The van der Waals surface area contributed by atoms with E-state index in [-0.39, 0.29) is 18.2 Å². The first-order valence-corrected chi connectivity index (χ1v) is 6.65. The number of ether oxygens (including phenoxy) is 1. The summed E-state index contributed by atoms with van der Waals surface area (Å²) < 4.78 is 5.43. The Labute approximate surface area is 109 Å². The van der Waals surface area contributed by atoms with Crippen LogP contribution in [0.4, 0.5) is 0 Å². The molecule has 100 valence electrons. The predicted octanol–water partition coefficient (Wildman–Crippen LogP) is 2.05. The smallest absolute Gasteiger partial charge is 0.0697 e. The SMILES string of the molecule is CO[C@H]1CC[C@@H](O)[C@H](N(C)Cc2ccccc2)C1. The number of methoxy groups -OCH3 is 1. The molecule has 1 N–H and O–H groups in total. The third kappa shape index (κ3) is 3.31. The molecule has 0 radical (unpaired) electrons. The highest BCUT2D eigenvalue weighted by Gasteiger charge is 2.31. The number of hydrogen-bond acceptors (Lipinski definition) is 3. The fourth-order valence-electron chi connectivity index (χ4n) is 2.77. The second kappa shape index (κ2) is 6.32. The first kappa shape index (κ1) is 13.5. The highest BCUT2D eigenvalue weighted by Crippen LogP contribution is 2.25. The van der Waals surface area contributed by atoms with Crippen molar-refractivity contribution in [3.8, 4) is 0 Å². The topological polar surface area (TPSA) is 32.7 Å². The summed E-state index contributed by atoms with van der Waals surface area (Å²) in [5.74, 6) is 0. The maximum atomic E-state index is 10.1. The van der Waals surface area contributed by atoms with Crippen molar-refractivity contribution in [3.63, 3.8) is 0 Å². The summed E-state index contributed by atoms with van der Waals surface area (Å²) in [6.45, 7) is 0.874. The van der Waals surface area contributed by atoms with Crippen molar-refractivity contribution in [2.75, 3.05) is 14.2 Å². The Kier molecular flexibility index (Phi) is 4.75. The van der Waals surface area contributed by atoms with Gasteiger partial charge in [0.1, 0.15) is 0 Å². The molecule has 1 aliphatic carbocycles. The Bertz CT molecular complexity index is 355. The van der Waals surface area contributed by atoms with Gasteiger partial charge in [-0.3, -0.25) is 4.90 Å². The average Bonchev–Trinajstić information content (AvgIpc) is 2.40. The van der Waals surface area contributed by atoms with Gasteiger partial charge in [-0.25, -0.2) is 0 Å². The summed E-state index contributed by atoms with van der Waals surface area (Å²) in [6.07, 6.45) is 2.78. The number of likely N-dealkylation sites (N-methyl/N-ethyl adjacent to an activating group) is 1. The fraction of sp³-hybridized carbons (Fsp3) is 0.600. The van der Waals surface area contributed by atoms with E-state index in [9.17, 15) is 5.11 Å². The minimum Gasteiger partial charge on any atom is -0.391 e. The van der Waals surface area contributed by atoms with Crippen LogP contribution in [0.1, 0.15) is 24.8 Å². The lowest BCUT2D eigenvalue weighted by atomic mass is 9.89. The molecule has 3 heteroatoms. The van der Waals surface area contributed by atoms with E-state index in [2.05, 4.69) is 36.2 Å². The van der Waals surface area contributed by atoms with Crippen molar-refractivity contribution < 1.29 is 9.84 Å². The molecular formula is C15H23NO2. The van der Waals surface area contributed by atoms with Gasteiger partial charge in [0.25, 0.3) is 0 Å². The van der Waals surface area contributed by atoms with E-state index in [1.165, 1.54) is 5.56 Å². The van der Waals surface area contributed by atoms with Crippen LogP contribution in [0.2, 0.25) is 0 Å². The lowest BCUT2D eigenvalue weighted by Gasteiger charge is -2.38. The van der Waals surface area contributed by atoms with Crippen LogP contribution in [0.5, 0.6) is 0 Å². The lowest BCUT2D eigenvalue weighted by molar-refractivity contribution is -0.0340. The Hall–Kier alpha value is -0.900. The van der Waals surface area contributed by atoms with Crippen LogP contribution in [-0.4, -0.2) is 42.4 Å². The summed E-state index contributed by atoms with van der Waals surface area (Å²) in [5, 5.41) is 10.1. The first-order valence-electron chi connectivity index (χ1n) is 6.65. The summed E-state index contributed by atoms with van der Waals surface area (Å²) in [5.41, 5.74) is 1.28. The number of aliphatic hydroxyl groups is 1. The van der Waals surface area contributed by atoms with Crippen LogP contribution < -0.4 is 0 Å². The number of nitrogens with zero attached hydrogens (tertiary/aromatic N) is 1. The highest BCUT2D eigenvalue weighted by molar-refractivity contribution is 5.14. The molecule has 0 aliphatic heterocycles. The molecule has 3 nitrogen and oxygen atoms in total. The van der Waals surface area contributed by atoms with Crippen LogP contribution in [-0.2, 0) is 11.3 Å². The van der Waals surface area contributed by atoms with Gasteiger partial charge in [-0.05, 0) is 31.9 Å². The summed E-state index contributed by atoms with van der Waals surface area (Å²) in [7, 11) is 3.84. The van der Waals surface area contributed by atoms with E-state index in [1.807, 2.05) is 6.07 Å². The second-order valence-electron chi connectivity index (χ2n) is 5.21. The zero-order valence-electron chi connectivity index (χ0n) is 11.2.